The van der Waals surface area contributed by atoms with E-state index in [0.29, 0.717) is 63.4 Å². The average Bonchev–Trinajstić information content (AvgIpc) is 3.71. The normalized spacial score (nSPS) is 13.6. The highest BCUT2D eigenvalue weighted by Crippen LogP contribution is 2.39. The number of hydrogen-bond donors (Lipinski definition) is 1. The van der Waals surface area contributed by atoms with Gasteiger partial charge in [-0.2, -0.15) is 4.98 Å². The van der Waals surface area contributed by atoms with E-state index in [1.165, 1.54) is 0 Å². The van der Waals surface area contributed by atoms with E-state index >= 15 is 0 Å². The van der Waals surface area contributed by atoms with Gasteiger partial charge in [-0.25, -0.2) is 15.0 Å². The van der Waals surface area contributed by atoms with Crippen LogP contribution in [0.5, 0.6) is 11.5 Å². The van der Waals surface area contributed by atoms with Gasteiger partial charge in [-0.15, -0.1) is 0 Å². The number of methoxy groups -OCH3 is 2. The number of rotatable bonds is 14. The average molecular weight is 764 g/mol. The SMILES string of the molecule is COc1ccc(CN(Cc2ccc(OC)cc2)c2ncc(-c3nc(N4CCOCC4)nc4c3CCN4c3ccc(C(=O)NCCc4cccnc4)cc3)cn2)cc1. The predicted octanol–water partition coefficient (Wildman–Crippen LogP) is 6.06. The number of carbonyl (C=O) groups excluding carboxylic acids is 1. The molecule has 0 saturated carbocycles. The summed E-state index contributed by atoms with van der Waals surface area (Å²) >= 11 is 0. The van der Waals surface area contributed by atoms with Gasteiger partial charge in [-0.05, 0) is 84.1 Å². The van der Waals surface area contributed by atoms with Crippen molar-refractivity contribution in [3.05, 3.63) is 138 Å². The van der Waals surface area contributed by atoms with Crippen LogP contribution in [0.2, 0.25) is 0 Å². The molecule has 0 spiro atoms. The van der Waals surface area contributed by atoms with Crippen molar-refractivity contribution in [2.45, 2.75) is 25.9 Å². The molecule has 6 aromatic rings. The molecule has 0 aliphatic carbocycles. The van der Waals surface area contributed by atoms with Crippen LogP contribution in [0.1, 0.15) is 32.6 Å². The molecule has 0 atom stereocenters. The third-order valence-corrected chi connectivity index (χ3v) is 10.2. The third-order valence-electron chi connectivity index (χ3n) is 10.2. The Morgan fingerprint density at radius 1 is 0.789 bits per heavy atom. The fourth-order valence-corrected chi connectivity index (χ4v) is 7.11. The highest BCUT2D eigenvalue weighted by Gasteiger charge is 2.30. The van der Waals surface area contributed by atoms with Crippen LogP contribution in [0, 0.1) is 0 Å². The first-order valence-corrected chi connectivity index (χ1v) is 19.2. The van der Waals surface area contributed by atoms with E-state index in [1.807, 2.05) is 79.3 Å². The summed E-state index contributed by atoms with van der Waals surface area (Å²) in [5.74, 6) is 3.60. The van der Waals surface area contributed by atoms with E-state index in [1.54, 1.807) is 20.4 Å². The van der Waals surface area contributed by atoms with Crippen molar-refractivity contribution < 1.29 is 19.0 Å². The number of ether oxygens (including phenoxy) is 3. The summed E-state index contributed by atoms with van der Waals surface area (Å²) in [4.78, 5) is 43.8. The lowest BCUT2D eigenvalue weighted by atomic mass is 10.1. The van der Waals surface area contributed by atoms with Crippen LogP contribution >= 0.6 is 0 Å². The highest BCUT2D eigenvalue weighted by atomic mass is 16.5. The standard InChI is InChI=1S/C44H45N9O4/c1-55-37-13-5-32(6-14-37)29-52(30-33-7-15-38(56-2)16-8-33)43-47-27-35(28-48-43)40-39-18-21-53(41(39)50-44(49-40)51-22-24-57-25-23-51)36-11-9-34(10-12-36)42(54)46-20-17-31-4-3-19-45-26-31/h3-16,19,26-28H,17-18,20-25,29-30H2,1-2H3,(H,46,54). The van der Waals surface area contributed by atoms with E-state index in [-0.39, 0.29) is 5.91 Å². The molecule has 1 N–H and O–H groups in total. The van der Waals surface area contributed by atoms with Gasteiger partial charge in [-0.3, -0.25) is 9.78 Å². The van der Waals surface area contributed by atoms with Crippen molar-refractivity contribution in [2.24, 2.45) is 0 Å². The summed E-state index contributed by atoms with van der Waals surface area (Å²) in [5.41, 5.74) is 7.53. The molecule has 1 amide bonds. The smallest absolute Gasteiger partial charge is 0.251 e. The first-order chi connectivity index (χ1) is 28.0. The van der Waals surface area contributed by atoms with Crippen molar-refractivity contribution in [3.8, 4) is 22.8 Å². The van der Waals surface area contributed by atoms with Gasteiger partial charge in [0, 0.05) is 86.4 Å². The van der Waals surface area contributed by atoms with E-state index < -0.39 is 0 Å². The van der Waals surface area contributed by atoms with Crippen molar-refractivity contribution in [2.75, 3.05) is 68.3 Å². The van der Waals surface area contributed by atoms with Gasteiger partial charge in [-0.1, -0.05) is 30.3 Å². The van der Waals surface area contributed by atoms with Crippen LogP contribution < -0.4 is 29.5 Å². The summed E-state index contributed by atoms with van der Waals surface area (Å²) in [7, 11) is 3.34. The van der Waals surface area contributed by atoms with Gasteiger partial charge in [0.1, 0.15) is 17.3 Å². The second-order valence-corrected chi connectivity index (χ2v) is 13.9. The first-order valence-electron chi connectivity index (χ1n) is 19.2. The molecule has 2 aliphatic heterocycles. The number of carbonyl (C=O) groups is 1. The Labute approximate surface area is 332 Å². The fourth-order valence-electron chi connectivity index (χ4n) is 7.11. The largest absolute Gasteiger partial charge is 0.497 e. The molecule has 0 radical (unpaired) electrons. The Morgan fingerprint density at radius 3 is 2.07 bits per heavy atom. The minimum absolute atomic E-state index is 0.110. The van der Waals surface area contributed by atoms with Crippen molar-refractivity contribution >= 4 is 29.3 Å². The molecule has 0 bridgehead atoms. The van der Waals surface area contributed by atoms with Gasteiger partial charge in [0.15, 0.2) is 0 Å². The molecule has 3 aromatic heterocycles. The Balaban J connectivity index is 1.06. The first kappa shape index (κ1) is 37.3. The molecule has 57 heavy (non-hydrogen) atoms. The van der Waals surface area contributed by atoms with Gasteiger partial charge in [0.25, 0.3) is 5.91 Å². The van der Waals surface area contributed by atoms with Crippen LogP contribution in [0.4, 0.5) is 23.4 Å². The van der Waals surface area contributed by atoms with Gasteiger partial charge in [0.2, 0.25) is 11.9 Å². The molecular formula is C44H45N9O4. The zero-order valence-corrected chi connectivity index (χ0v) is 32.2. The number of anilines is 4. The van der Waals surface area contributed by atoms with Crippen molar-refractivity contribution in [1.82, 2.24) is 30.2 Å². The Kier molecular flexibility index (Phi) is 11.4. The maximum Gasteiger partial charge on any atom is 0.251 e. The molecule has 3 aromatic carbocycles. The van der Waals surface area contributed by atoms with Crippen LogP contribution in [0.15, 0.2) is 110 Å². The summed E-state index contributed by atoms with van der Waals surface area (Å²) in [6, 6.07) is 27.7. The number of fused-ring (bicyclic) bond motifs is 1. The minimum atomic E-state index is -0.110. The van der Waals surface area contributed by atoms with Crippen LogP contribution in [-0.4, -0.2) is 84.4 Å². The van der Waals surface area contributed by atoms with Crippen molar-refractivity contribution in [3.63, 3.8) is 0 Å². The number of amides is 1. The molecule has 1 fully saturated rings. The number of pyridine rings is 1. The summed E-state index contributed by atoms with van der Waals surface area (Å²) < 4.78 is 16.4. The van der Waals surface area contributed by atoms with Crippen LogP contribution in [0.3, 0.4) is 0 Å². The van der Waals surface area contributed by atoms with Gasteiger partial charge < -0.3 is 34.2 Å². The second kappa shape index (κ2) is 17.5. The number of nitrogens with one attached hydrogen (secondary N) is 1. The lowest BCUT2D eigenvalue weighted by molar-refractivity contribution is 0.0954. The molecular weight excluding hydrogens is 719 g/mol. The topological polar surface area (TPSA) is 131 Å². The minimum Gasteiger partial charge on any atom is -0.497 e. The van der Waals surface area contributed by atoms with Gasteiger partial charge in [0.05, 0.1) is 33.1 Å². The summed E-state index contributed by atoms with van der Waals surface area (Å²) in [5, 5.41) is 3.02. The predicted molar refractivity (Wildman–Crippen MR) is 219 cm³/mol. The van der Waals surface area contributed by atoms with Gasteiger partial charge >= 0.3 is 0 Å². The van der Waals surface area contributed by atoms with Crippen LogP contribution in [0.25, 0.3) is 11.3 Å². The molecule has 8 rings (SSSR count). The second-order valence-electron chi connectivity index (χ2n) is 13.9. The Hall–Kier alpha value is -6.60. The van der Waals surface area contributed by atoms with E-state index in [2.05, 4.69) is 49.3 Å². The number of benzene rings is 3. The molecule has 0 unspecified atom stereocenters. The Morgan fingerprint density at radius 2 is 1.46 bits per heavy atom. The summed E-state index contributed by atoms with van der Waals surface area (Å²) in [6.45, 7) is 5.07. The van der Waals surface area contributed by atoms with E-state index in [4.69, 9.17) is 34.1 Å². The highest BCUT2D eigenvalue weighted by molar-refractivity contribution is 5.94. The van der Waals surface area contributed by atoms with Crippen molar-refractivity contribution in [1.29, 1.82) is 0 Å². The zero-order valence-electron chi connectivity index (χ0n) is 32.2. The number of nitrogens with zero attached hydrogens (tertiary/aromatic N) is 8. The van der Waals surface area contributed by atoms with E-state index in [9.17, 15) is 4.79 Å². The number of morpholine rings is 1. The maximum atomic E-state index is 13.0. The third kappa shape index (κ3) is 8.79. The lowest BCUT2D eigenvalue weighted by Gasteiger charge is -2.28. The summed E-state index contributed by atoms with van der Waals surface area (Å²) in [6.07, 6.45) is 8.76. The van der Waals surface area contributed by atoms with Crippen LogP contribution in [-0.2, 0) is 30.7 Å². The zero-order chi connectivity index (χ0) is 39.0. The molecule has 13 heteroatoms. The number of aromatic nitrogens is 5. The fraction of sp³-hybridized carbons (Fsp3) is 0.273. The monoisotopic (exact) mass is 763 g/mol. The quantitative estimate of drug-likeness (QED) is 0.139. The lowest BCUT2D eigenvalue weighted by Crippen LogP contribution is -2.37. The molecule has 5 heterocycles. The van der Waals surface area contributed by atoms with E-state index in [0.717, 1.165) is 75.9 Å². The molecule has 13 nitrogen and oxygen atoms in total. The molecule has 1 saturated heterocycles. The maximum absolute atomic E-state index is 13.0. The Bertz CT molecular complexity index is 2200. The molecule has 2 aliphatic rings. The number of hydrogen-bond acceptors (Lipinski definition) is 12. The molecule has 290 valence electrons.